The van der Waals surface area contributed by atoms with Crippen LogP contribution in [0.15, 0.2) is 28.7 Å². The van der Waals surface area contributed by atoms with Crippen molar-refractivity contribution in [1.29, 1.82) is 0 Å². The summed E-state index contributed by atoms with van der Waals surface area (Å²) in [6, 6.07) is 7.88. The lowest BCUT2D eigenvalue weighted by Gasteiger charge is -2.05. The minimum Gasteiger partial charge on any atom is -0.421 e. The highest BCUT2D eigenvalue weighted by Crippen LogP contribution is 2.21. The highest BCUT2D eigenvalue weighted by molar-refractivity contribution is 5.76. The maximum Gasteiger partial charge on any atom is 0.247 e. The first-order valence-electron chi connectivity index (χ1n) is 7.21. The van der Waals surface area contributed by atoms with Crippen LogP contribution in [-0.4, -0.2) is 22.6 Å². The fourth-order valence-corrected chi connectivity index (χ4v) is 2.03. The van der Waals surface area contributed by atoms with Gasteiger partial charge in [-0.3, -0.25) is 4.79 Å². The fourth-order valence-electron chi connectivity index (χ4n) is 2.03. The molecule has 0 spiro atoms. The molecule has 1 amide bonds. The molecule has 0 fully saturated rings. The largest absolute Gasteiger partial charge is 0.421 e. The SMILES string of the molecule is Cc1ccccc1-c1nnc(CCNC(=O)CC(C)C)o1. The summed E-state index contributed by atoms with van der Waals surface area (Å²) in [6.07, 6.45) is 1.08. The second-order valence-electron chi connectivity index (χ2n) is 5.51. The van der Waals surface area contributed by atoms with Crippen molar-refractivity contribution < 1.29 is 9.21 Å². The third-order valence-corrected chi connectivity index (χ3v) is 3.10. The van der Waals surface area contributed by atoms with Gasteiger partial charge in [-0.05, 0) is 24.5 Å². The zero-order valence-corrected chi connectivity index (χ0v) is 12.7. The molecule has 0 unspecified atom stereocenters. The quantitative estimate of drug-likeness (QED) is 0.887. The van der Waals surface area contributed by atoms with Gasteiger partial charge in [0.15, 0.2) is 0 Å². The van der Waals surface area contributed by atoms with Gasteiger partial charge in [-0.25, -0.2) is 0 Å². The number of carbonyl (C=O) groups excluding carboxylic acids is 1. The fraction of sp³-hybridized carbons (Fsp3) is 0.438. The maximum atomic E-state index is 11.5. The summed E-state index contributed by atoms with van der Waals surface area (Å²) < 4.78 is 5.64. The molecule has 0 saturated heterocycles. The minimum absolute atomic E-state index is 0.0589. The molecule has 0 bridgehead atoms. The Labute approximate surface area is 124 Å². The molecule has 2 rings (SSSR count). The number of aromatic nitrogens is 2. The van der Waals surface area contributed by atoms with E-state index in [0.717, 1.165) is 11.1 Å². The zero-order chi connectivity index (χ0) is 15.2. The second-order valence-corrected chi connectivity index (χ2v) is 5.51. The van der Waals surface area contributed by atoms with Gasteiger partial charge in [0.2, 0.25) is 17.7 Å². The van der Waals surface area contributed by atoms with E-state index >= 15 is 0 Å². The lowest BCUT2D eigenvalue weighted by atomic mass is 10.1. The Kier molecular flexibility index (Phi) is 5.09. The van der Waals surface area contributed by atoms with Crippen LogP contribution in [0.3, 0.4) is 0 Å². The Bertz CT molecular complexity index is 605. The van der Waals surface area contributed by atoms with Gasteiger partial charge in [-0.1, -0.05) is 32.0 Å². The van der Waals surface area contributed by atoms with Crippen molar-refractivity contribution in [2.24, 2.45) is 5.92 Å². The molecule has 0 aliphatic rings. The number of aryl methyl sites for hydroxylation is 1. The van der Waals surface area contributed by atoms with E-state index in [0.29, 0.717) is 37.1 Å². The van der Waals surface area contributed by atoms with E-state index < -0.39 is 0 Å². The minimum atomic E-state index is 0.0589. The van der Waals surface area contributed by atoms with E-state index in [9.17, 15) is 4.79 Å². The van der Waals surface area contributed by atoms with Gasteiger partial charge in [-0.2, -0.15) is 0 Å². The number of hydrogen-bond donors (Lipinski definition) is 1. The molecule has 0 atom stereocenters. The van der Waals surface area contributed by atoms with Gasteiger partial charge >= 0.3 is 0 Å². The third kappa shape index (κ3) is 4.41. The predicted octanol–water partition coefficient (Wildman–Crippen LogP) is 2.75. The van der Waals surface area contributed by atoms with Crippen LogP contribution in [0, 0.1) is 12.8 Å². The standard InChI is InChI=1S/C16H21N3O2/c1-11(2)10-14(20)17-9-8-15-18-19-16(21-15)13-7-5-4-6-12(13)3/h4-7,11H,8-10H2,1-3H3,(H,17,20). The van der Waals surface area contributed by atoms with Gasteiger partial charge in [-0.15, -0.1) is 10.2 Å². The highest BCUT2D eigenvalue weighted by Gasteiger charge is 2.11. The van der Waals surface area contributed by atoms with E-state index in [1.807, 2.05) is 45.0 Å². The molecule has 2 aromatic rings. The molecular weight excluding hydrogens is 266 g/mol. The van der Waals surface area contributed by atoms with E-state index in [4.69, 9.17) is 4.42 Å². The molecule has 0 saturated carbocycles. The van der Waals surface area contributed by atoms with Crippen molar-refractivity contribution in [2.75, 3.05) is 6.54 Å². The summed E-state index contributed by atoms with van der Waals surface area (Å²) in [5.41, 5.74) is 2.04. The van der Waals surface area contributed by atoms with Crippen molar-refractivity contribution >= 4 is 5.91 Å². The molecule has 0 aliphatic heterocycles. The molecule has 1 N–H and O–H groups in total. The Balaban J connectivity index is 1.89. The Morgan fingerprint density at radius 3 is 2.76 bits per heavy atom. The molecule has 0 aliphatic carbocycles. The van der Waals surface area contributed by atoms with Crippen LogP contribution in [-0.2, 0) is 11.2 Å². The lowest BCUT2D eigenvalue weighted by Crippen LogP contribution is -2.26. The molecule has 21 heavy (non-hydrogen) atoms. The zero-order valence-electron chi connectivity index (χ0n) is 12.7. The van der Waals surface area contributed by atoms with Crippen LogP contribution in [0.4, 0.5) is 0 Å². The van der Waals surface area contributed by atoms with Crippen LogP contribution >= 0.6 is 0 Å². The number of rotatable bonds is 6. The van der Waals surface area contributed by atoms with Crippen LogP contribution in [0.5, 0.6) is 0 Å². The number of benzene rings is 1. The average Bonchev–Trinajstić information content (AvgIpc) is 2.87. The monoisotopic (exact) mass is 287 g/mol. The molecule has 112 valence electrons. The maximum absolute atomic E-state index is 11.5. The number of nitrogens with one attached hydrogen (secondary N) is 1. The molecule has 1 heterocycles. The summed E-state index contributed by atoms with van der Waals surface area (Å²) >= 11 is 0. The topological polar surface area (TPSA) is 68.0 Å². The first-order chi connectivity index (χ1) is 10.1. The normalized spacial score (nSPS) is 10.9. The van der Waals surface area contributed by atoms with Crippen molar-refractivity contribution in [2.45, 2.75) is 33.6 Å². The van der Waals surface area contributed by atoms with Crippen molar-refractivity contribution in [3.63, 3.8) is 0 Å². The summed E-state index contributed by atoms with van der Waals surface area (Å²) in [5.74, 6) is 1.49. The third-order valence-electron chi connectivity index (χ3n) is 3.10. The van der Waals surface area contributed by atoms with Crippen molar-refractivity contribution in [3.05, 3.63) is 35.7 Å². The molecular formula is C16H21N3O2. The molecule has 1 aromatic heterocycles. The van der Waals surface area contributed by atoms with Gasteiger partial charge in [0, 0.05) is 24.9 Å². The Morgan fingerprint density at radius 1 is 1.29 bits per heavy atom. The van der Waals surface area contributed by atoms with E-state index in [1.54, 1.807) is 0 Å². The summed E-state index contributed by atoms with van der Waals surface area (Å²) in [7, 11) is 0. The van der Waals surface area contributed by atoms with Crippen molar-refractivity contribution in [1.82, 2.24) is 15.5 Å². The van der Waals surface area contributed by atoms with E-state index in [-0.39, 0.29) is 5.91 Å². The molecule has 0 radical (unpaired) electrons. The molecule has 5 nitrogen and oxygen atoms in total. The van der Waals surface area contributed by atoms with E-state index in [1.165, 1.54) is 0 Å². The number of nitrogens with zero attached hydrogens (tertiary/aromatic N) is 2. The summed E-state index contributed by atoms with van der Waals surface area (Å²) in [6.45, 7) is 6.56. The highest BCUT2D eigenvalue weighted by atomic mass is 16.4. The van der Waals surface area contributed by atoms with Crippen LogP contribution in [0.1, 0.15) is 31.7 Å². The molecule has 1 aromatic carbocycles. The lowest BCUT2D eigenvalue weighted by molar-refractivity contribution is -0.121. The average molecular weight is 287 g/mol. The van der Waals surface area contributed by atoms with E-state index in [2.05, 4.69) is 15.5 Å². The number of hydrogen-bond acceptors (Lipinski definition) is 4. The Hall–Kier alpha value is -2.17. The predicted molar refractivity (Wildman–Crippen MR) is 80.6 cm³/mol. The Morgan fingerprint density at radius 2 is 2.05 bits per heavy atom. The van der Waals surface area contributed by atoms with Crippen LogP contribution < -0.4 is 5.32 Å². The summed E-state index contributed by atoms with van der Waals surface area (Å²) in [5, 5.41) is 10.9. The first-order valence-corrected chi connectivity index (χ1v) is 7.21. The van der Waals surface area contributed by atoms with Gasteiger partial charge in [0.1, 0.15) is 0 Å². The van der Waals surface area contributed by atoms with Crippen molar-refractivity contribution in [3.8, 4) is 11.5 Å². The van der Waals surface area contributed by atoms with Crippen LogP contribution in [0.2, 0.25) is 0 Å². The first kappa shape index (κ1) is 15.2. The van der Waals surface area contributed by atoms with Gasteiger partial charge < -0.3 is 9.73 Å². The number of amides is 1. The van der Waals surface area contributed by atoms with Gasteiger partial charge in [0.05, 0.1) is 0 Å². The molecule has 5 heteroatoms. The van der Waals surface area contributed by atoms with Crippen LogP contribution in [0.25, 0.3) is 11.5 Å². The second kappa shape index (κ2) is 7.02. The summed E-state index contributed by atoms with van der Waals surface area (Å²) in [4.78, 5) is 11.5. The van der Waals surface area contributed by atoms with Gasteiger partial charge in [0.25, 0.3) is 0 Å². The smallest absolute Gasteiger partial charge is 0.247 e. The number of carbonyl (C=O) groups is 1.